The molecular formula is C13H29BN2O3. The van der Waals surface area contributed by atoms with Gasteiger partial charge in [0.15, 0.2) is 0 Å². The van der Waals surface area contributed by atoms with Gasteiger partial charge < -0.3 is 25.4 Å². The van der Waals surface area contributed by atoms with E-state index in [1.165, 1.54) is 12.8 Å². The number of hydrogen-bond acceptors (Lipinski definition) is 5. The van der Waals surface area contributed by atoms with Crippen molar-refractivity contribution in [1.82, 2.24) is 10.1 Å². The summed E-state index contributed by atoms with van der Waals surface area (Å²) in [7, 11) is -0.357. The van der Waals surface area contributed by atoms with Crippen LogP contribution in [0.2, 0.25) is 6.82 Å². The summed E-state index contributed by atoms with van der Waals surface area (Å²) in [6.45, 7) is 6.34. The lowest BCUT2D eigenvalue weighted by atomic mass is 9.81. The topological polar surface area (TPSA) is 76.0 Å². The van der Waals surface area contributed by atoms with Crippen molar-refractivity contribution in [3.63, 3.8) is 0 Å². The molecule has 0 amide bonds. The summed E-state index contributed by atoms with van der Waals surface area (Å²) >= 11 is 0. The molecule has 0 aliphatic carbocycles. The van der Waals surface area contributed by atoms with E-state index in [9.17, 15) is 5.02 Å². The Kier molecular flexibility index (Phi) is 8.65. The fourth-order valence-electron chi connectivity index (χ4n) is 2.67. The van der Waals surface area contributed by atoms with Crippen LogP contribution >= 0.6 is 0 Å². The van der Waals surface area contributed by atoms with Crippen molar-refractivity contribution in [1.29, 1.82) is 0 Å². The van der Waals surface area contributed by atoms with Crippen LogP contribution in [-0.4, -0.2) is 66.5 Å². The maximum Gasteiger partial charge on any atom is 0.376 e. The van der Waals surface area contributed by atoms with Gasteiger partial charge in [0.25, 0.3) is 0 Å². The van der Waals surface area contributed by atoms with Crippen LogP contribution in [0, 0.1) is 11.8 Å². The van der Waals surface area contributed by atoms with E-state index >= 15 is 0 Å². The molecule has 0 spiro atoms. The largest absolute Gasteiger partial charge is 0.437 e. The molecule has 2 aliphatic heterocycles. The third-order valence-corrected chi connectivity index (χ3v) is 3.99. The number of nitrogens with one attached hydrogen (secondary N) is 1. The van der Waals surface area contributed by atoms with Gasteiger partial charge in [-0.3, -0.25) is 0 Å². The molecule has 112 valence electrons. The van der Waals surface area contributed by atoms with Gasteiger partial charge in [0, 0.05) is 19.8 Å². The highest BCUT2D eigenvalue weighted by Gasteiger charge is 2.23. The Morgan fingerprint density at radius 2 is 1.84 bits per heavy atom. The molecule has 0 aromatic heterocycles. The van der Waals surface area contributed by atoms with Gasteiger partial charge in [-0.2, -0.15) is 0 Å². The molecule has 2 heterocycles. The van der Waals surface area contributed by atoms with Crippen molar-refractivity contribution >= 4 is 7.05 Å². The minimum atomic E-state index is -0.357. The predicted molar refractivity (Wildman–Crippen MR) is 77.9 cm³/mol. The van der Waals surface area contributed by atoms with Crippen LogP contribution in [0.1, 0.15) is 25.7 Å². The summed E-state index contributed by atoms with van der Waals surface area (Å²) in [5, 5.41) is 30.0. The second-order valence-electron chi connectivity index (χ2n) is 5.71. The average Bonchev–Trinajstić information content (AvgIpc) is 2.48. The van der Waals surface area contributed by atoms with E-state index in [1.807, 2.05) is 4.81 Å². The van der Waals surface area contributed by atoms with Crippen LogP contribution in [-0.2, 0) is 0 Å². The van der Waals surface area contributed by atoms with Crippen molar-refractivity contribution < 1.29 is 15.2 Å². The van der Waals surface area contributed by atoms with Gasteiger partial charge in [-0.1, -0.05) is 0 Å². The van der Waals surface area contributed by atoms with Crippen LogP contribution < -0.4 is 5.32 Å². The Labute approximate surface area is 117 Å². The van der Waals surface area contributed by atoms with E-state index < -0.39 is 0 Å². The van der Waals surface area contributed by atoms with Gasteiger partial charge in [0.2, 0.25) is 0 Å². The summed E-state index contributed by atoms with van der Waals surface area (Å²) in [5.74, 6) is 0.905. The fraction of sp³-hybridized carbons (Fsp3) is 1.00. The first-order valence-electron chi connectivity index (χ1n) is 7.52. The van der Waals surface area contributed by atoms with Gasteiger partial charge in [-0.05, 0) is 64.0 Å². The average molecular weight is 272 g/mol. The van der Waals surface area contributed by atoms with Gasteiger partial charge in [0.05, 0.1) is 0 Å². The Bertz CT molecular complexity index is 226. The fourth-order valence-corrected chi connectivity index (χ4v) is 2.67. The monoisotopic (exact) mass is 272 g/mol. The summed E-state index contributed by atoms with van der Waals surface area (Å²) in [6, 6.07) is 0. The molecule has 0 aromatic carbocycles. The zero-order chi connectivity index (χ0) is 14.1. The molecular weight excluding hydrogens is 243 g/mol. The van der Waals surface area contributed by atoms with Crippen molar-refractivity contribution in [3.8, 4) is 0 Å². The van der Waals surface area contributed by atoms with Crippen LogP contribution in [0.4, 0.5) is 0 Å². The van der Waals surface area contributed by atoms with E-state index in [4.69, 9.17) is 10.2 Å². The molecule has 19 heavy (non-hydrogen) atoms. The first-order valence-corrected chi connectivity index (χ1v) is 7.52. The summed E-state index contributed by atoms with van der Waals surface area (Å²) in [6.07, 6.45) is 4.62. The molecule has 2 aliphatic rings. The molecule has 5 nitrogen and oxygen atoms in total. The lowest BCUT2D eigenvalue weighted by Gasteiger charge is -2.32. The van der Waals surface area contributed by atoms with Gasteiger partial charge in [-0.15, -0.1) is 0 Å². The normalized spacial score (nSPS) is 28.4. The Morgan fingerprint density at radius 3 is 2.32 bits per heavy atom. The van der Waals surface area contributed by atoms with Crippen molar-refractivity contribution in [2.45, 2.75) is 32.5 Å². The molecule has 2 fully saturated rings. The van der Waals surface area contributed by atoms with E-state index in [-0.39, 0.29) is 13.7 Å². The van der Waals surface area contributed by atoms with E-state index in [0.717, 1.165) is 39.0 Å². The molecule has 2 unspecified atom stereocenters. The second-order valence-corrected chi connectivity index (χ2v) is 5.71. The van der Waals surface area contributed by atoms with E-state index in [1.54, 1.807) is 6.82 Å². The molecule has 0 saturated carbocycles. The van der Waals surface area contributed by atoms with Crippen molar-refractivity contribution in [2.75, 3.05) is 39.4 Å². The third-order valence-electron chi connectivity index (χ3n) is 3.99. The third kappa shape index (κ3) is 6.72. The number of hydrogen-bond donors (Lipinski definition) is 4. The van der Waals surface area contributed by atoms with Crippen molar-refractivity contribution in [2.24, 2.45) is 11.8 Å². The van der Waals surface area contributed by atoms with E-state index in [0.29, 0.717) is 18.4 Å². The van der Waals surface area contributed by atoms with Gasteiger partial charge in [0.1, 0.15) is 0 Å². The molecule has 2 atom stereocenters. The highest BCUT2D eigenvalue weighted by molar-refractivity contribution is 6.45. The molecule has 4 N–H and O–H groups in total. The van der Waals surface area contributed by atoms with Crippen LogP contribution in [0.25, 0.3) is 0 Å². The smallest absolute Gasteiger partial charge is 0.376 e. The Balaban J connectivity index is 0.000000200. The number of nitrogens with zero attached hydrogens (tertiary/aromatic N) is 1. The zero-order valence-electron chi connectivity index (χ0n) is 12.1. The molecule has 2 rings (SSSR count). The Morgan fingerprint density at radius 1 is 1.16 bits per heavy atom. The quantitative estimate of drug-likeness (QED) is 0.534. The number of rotatable bonds is 3. The standard InChI is InChI=1S/C7H16BNO2.C6H13NO/c1-8(11)9-4-2-3-7(5-9)6-10;8-5-6-2-1-3-7-4-6/h7,10-11H,2-6H2,1H3;6-8H,1-5H2. The summed E-state index contributed by atoms with van der Waals surface area (Å²) in [5.41, 5.74) is 0. The minimum absolute atomic E-state index is 0.253. The van der Waals surface area contributed by atoms with Gasteiger partial charge >= 0.3 is 7.05 Å². The number of piperidine rings is 2. The maximum atomic E-state index is 9.23. The van der Waals surface area contributed by atoms with Crippen molar-refractivity contribution in [3.05, 3.63) is 0 Å². The lowest BCUT2D eigenvalue weighted by Crippen LogP contribution is -2.44. The highest BCUT2D eigenvalue weighted by Crippen LogP contribution is 2.15. The second kappa shape index (κ2) is 9.72. The SMILES string of the molecule is CB(O)N1CCCC(CO)C1.OCC1CCCNC1. The minimum Gasteiger partial charge on any atom is -0.437 e. The molecule has 0 radical (unpaired) electrons. The van der Waals surface area contributed by atoms with Gasteiger partial charge in [-0.25, -0.2) is 0 Å². The molecule has 6 heteroatoms. The van der Waals surface area contributed by atoms with Crippen LogP contribution in [0.3, 0.4) is 0 Å². The predicted octanol–water partition coefficient (Wildman–Crippen LogP) is -0.221. The zero-order valence-corrected chi connectivity index (χ0v) is 12.1. The lowest BCUT2D eigenvalue weighted by molar-refractivity contribution is 0.156. The van der Waals surface area contributed by atoms with E-state index in [2.05, 4.69) is 5.32 Å². The van der Waals surface area contributed by atoms with Crippen LogP contribution in [0.15, 0.2) is 0 Å². The number of aliphatic hydroxyl groups excluding tert-OH is 2. The first kappa shape index (κ1) is 16.9. The van der Waals surface area contributed by atoms with Crippen LogP contribution in [0.5, 0.6) is 0 Å². The number of aliphatic hydroxyl groups is 2. The maximum absolute atomic E-state index is 9.23. The Hall–Kier alpha value is -0.135. The highest BCUT2D eigenvalue weighted by atomic mass is 16.3. The molecule has 2 saturated heterocycles. The first-order chi connectivity index (χ1) is 9.17. The molecule has 0 aromatic rings. The summed E-state index contributed by atoms with van der Waals surface area (Å²) in [4.78, 5) is 2.00. The molecule has 0 bridgehead atoms. The summed E-state index contributed by atoms with van der Waals surface area (Å²) < 4.78 is 0.